The van der Waals surface area contributed by atoms with E-state index in [0.717, 1.165) is 12.0 Å². The molecular formula is C17H19FN2O2. The Kier molecular flexibility index (Phi) is 5.77. The third-order valence-electron chi connectivity index (χ3n) is 2.96. The minimum absolute atomic E-state index is 0.296. The van der Waals surface area contributed by atoms with Crippen molar-refractivity contribution in [1.82, 2.24) is 5.32 Å². The van der Waals surface area contributed by atoms with Crippen LogP contribution in [0.15, 0.2) is 48.5 Å². The molecule has 2 amide bonds. The van der Waals surface area contributed by atoms with Gasteiger partial charge in [0.1, 0.15) is 11.6 Å². The Balaban J connectivity index is 1.90. The van der Waals surface area contributed by atoms with Crippen LogP contribution in [0.2, 0.25) is 0 Å². The van der Waals surface area contributed by atoms with Crippen molar-refractivity contribution >= 4 is 11.7 Å². The number of amides is 2. The first-order valence-electron chi connectivity index (χ1n) is 7.20. The Hall–Kier alpha value is -2.56. The lowest BCUT2D eigenvalue weighted by Crippen LogP contribution is -2.28. The van der Waals surface area contributed by atoms with Gasteiger partial charge in [-0.3, -0.25) is 0 Å². The predicted octanol–water partition coefficient (Wildman–Crippen LogP) is 3.94. The second-order valence-electron chi connectivity index (χ2n) is 4.78. The first-order chi connectivity index (χ1) is 10.7. The van der Waals surface area contributed by atoms with Crippen LogP contribution in [-0.4, -0.2) is 12.6 Å². The summed E-state index contributed by atoms with van der Waals surface area (Å²) in [6.45, 7) is 2.94. The standard InChI is InChI=1S/C17H19FN2O2/c1-2-11-22-16-6-4-3-5-15(16)20-17(21)19-12-13-7-9-14(18)10-8-13/h3-10H,2,11-12H2,1H3,(H2,19,20,21). The number of urea groups is 1. The molecule has 0 spiro atoms. The minimum atomic E-state index is -0.336. The van der Waals surface area contributed by atoms with Crippen LogP contribution in [0.5, 0.6) is 5.75 Å². The van der Waals surface area contributed by atoms with Crippen LogP contribution in [0.25, 0.3) is 0 Å². The first kappa shape index (κ1) is 15.8. The van der Waals surface area contributed by atoms with Gasteiger partial charge in [-0.1, -0.05) is 31.2 Å². The molecule has 22 heavy (non-hydrogen) atoms. The van der Waals surface area contributed by atoms with Crippen molar-refractivity contribution in [1.29, 1.82) is 0 Å². The number of hydrogen-bond acceptors (Lipinski definition) is 2. The lowest BCUT2D eigenvalue weighted by Gasteiger charge is -2.12. The Morgan fingerprint density at radius 2 is 1.86 bits per heavy atom. The van der Waals surface area contributed by atoms with Crippen LogP contribution >= 0.6 is 0 Å². The highest BCUT2D eigenvalue weighted by atomic mass is 19.1. The molecular weight excluding hydrogens is 283 g/mol. The molecule has 0 unspecified atom stereocenters. The van der Waals surface area contributed by atoms with E-state index in [-0.39, 0.29) is 11.8 Å². The maximum absolute atomic E-state index is 12.8. The molecule has 0 saturated carbocycles. The molecule has 0 aliphatic carbocycles. The highest BCUT2D eigenvalue weighted by molar-refractivity contribution is 5.90. The van der Waals surface area contributed by atoms with Gasteiger partial charge < -0.3 is 15.4 Å². The van der Waals surface area contributed by atoms with Gasteiger partial charge in [0.25, 0.3) is 0 Å². The molecule has 0 saturated heterocycles. The molecule has 0 radical (unpaired) electrons. The smallest absolute Gasteiger partial charge is 0.319 e. The molecule has 116 valence electrons. The summed E-state index contributed by atoms with van der Waals surface area (Å²) >= 11 is 0. The van der Waals surface area contributed by atoms with Crippen molar-refractivity contribution < 1.29 is 13.9 Å². The van der Waals surface area contributed by atoms with Gasteiger partial charge >= 0.3 is 6.03 Å². The highest BCUT2D eigenvalue weighted by Gasteiger charge is 2.07. The van der Waals surface area contributed by atoms with Crippen molar-refractivity contribution in [2.24, 2.45) is 0 Å². The SMILES string of the molecule is CCCOc1ccccc1NC(=O)NCc1ccc(F)cc1. The number of hydrogen-bond donors (Lipinski definition) is 2. The van der Waals surface area contributed by atoms with Crippen LogP contribution < -0.4 is 15.4 Å². The van der Waals surface area contributed by atoms with E-state index in [1.807, 2.05) is 25.1 Å². The zero-order chi connectivity index (χ0) is 15.8. The summed E-state index contributed by atoms with van der Waals surface area (Å²) in [5, 5.41) is 5.47. The number of anilines is 1. The normalized spacial score (nSPS) is 10.1. The Morgan fingerprint density at radius 3 is 2.59 bits per heavy atom. The average molecular weight is 302 g/mol. The van der Waals surface area contributed by atoms with Gasteiger partial charge in [0.2, 0.25) is 0 Å². The fourth-order valence-corrected chi connectivity index (χ4v) is 1.86. The minimum Gasteiger partial charge on any atom is -0.491 e. The predicted molar refractivity (Wildman–Crippen MR) is 84.5 cm³/mol. The number of nitrogens with one attached hydrogen (secondary N) is 2. The van der Waals surface area contributed by atoms with Crippen LogP contribution in [0.3, 0.4) is 0 Å². The molecule has 2 rings (SSSR count). The maximum atomic E-state index is 12.8. The molecule has 0 aliphatic rings. The van der Waals surface area contributed by atoms with E-state index >= 15 is 0 Å². The lowest BCUT2D eigenvalue weighted by atomic mass is 10.2. The first-order valence-corrected chi connectivity index (χ1v) is 7.20. The molecule has 0 bridgehead atoms. The third-order valence-corrected chi connectivity index (χ3v) is 2.96. The molecule has 0 atom stereocenters. The van der Waals surface area contributed by atoms with Crippen molar-refractivity contribution in [3.05, 3.63) is 59.9 Å². The summed E-state index contributed by atoms with van der Waals surface area (Å²) in [6.07, 6.45) is 0.894. The van der Waals surface area contributed by atoms with E-state index in [9.17, 15) is 9.18 Å². The fraction of sp³-hybridized carbons (Fsp3) is 0.235. The van der Waals surface area contributed by atoms with Crippen LogP contribution in [0.4, 0.5) is 14.9 Å². The summed E-state index contributed by atoms with van der Waals surface area (Å²) in [4.78, 5) is 11.9. The Morgan fingerprint density at radius 1 is 1.14 bits per heavy atom. The lowest BCUT2D eigenvalue weighted by molar-refractivity contribution is 0.251. The van der Waals surface area contributed by atoms with Gasteiger partial charge in [0.05, 0.1) is 12.3 Å². The van der Waals surface area contributed by atoms with Gasteiger partial charge in [-0.25, -0.2) is 9.18 Å². The number of rotatable bonds is 6. The van der Waals surface area contributed by atoms with E-state index in [0.29, 0.717) is 24.6 Å². The zero-order valence-electron chi connectivity index (χ0n) is 12.4. The summed E-state index contributed by atoms with van der Waals surface area (Å²) in [6, 6.07) is 12.9. The summed E-state index contributed by atoms with van der Waals surface area (Å²) in [5.74, 6) is 0.344. The fourth-order valence-electron chi connectivity index (χ4n) is 1.86. The quantitative estimate of drug-likeness (QED) is 0.849. The van der Waals surface area contributed by atoms with Crippen molar-refractivity contribution in [2.75, 3.05) is 11.9 Å². The van der Waals surface area contributed by atoms with Crippen molar-refractivity contribution in [2.45, 2.75) is 19.9 Å². The molecule has 4 nitrogen and oxygen atoms in total. The summed E-state index contributed by atoms with van der Waals surface area (Å²) in [7, 11) is 0. The second-order valence-corrected chi connectivity index (χ2v) is 4.78. The zero-order valence-corrected chi connectivity index (χ0v) is 12.4. The number of ether oxygens (including phenoxy) is 1. The molecule has 0 aromatic heterocycles. The van der Waals surface area contributed by atoms with E-state index in [1.165, 1.54) is 12.1 Å². The van der Waals surface area contributed by atoms with E-state index < -0.39 is 0 Å². The second kappa shape index (κ2) is 8.02. The molecule has 2 aromatic rings. The summed E-state index contributed by atoms with van der Waals surface area (Å²) < 4.78 is 18.4. The number of benzene rings is 2. The largest absolute Gasteiger partial charge is 0.491 e. The summed E-state index contributed by atoms with van der Waals surface area (Å²) in [5.41, 5.74) is 1.44. The van der Waals surface area contributed by atoms with Gasteiger partial charge in [-0.2, -0.15) is 0 Å². The molecule has 2 aromatic carbocycles. The van der Waals surface area contributed by atoms with Gasteiger partial charge in [0.15, 0.2) is 0 Å². The number of para-hydroxylation sites is 2. The monoisotopic (exact) mass is 302 g/mol. The topological polar surface area (TPSA) is 50.4 Å². The van der Waals surface area contributed by atoms with Crippen LogP contribution in [0.1, 0.15) is 18.9 Å². The van der Waals surface area contributed by atoms with Crippen molar-refractivity contribution in [3.8, 4) is 5.75 Å². The van der Waals surface area contributed by atoms with Gasteiger partial charge in [0, 0.05) is 6.54 Å². The third kappa shape index (κ3) is 4.77. The van der Waals surface area contributed by atoms with E-state index in [2.05, 4.69) is 10.6 Å². The molecule has 0 heterocycles. The average Bonchev–Trinajstić information content (AvgIpc) is 2.53. The number of carbonyl (C=O) groups is 1. The Labute approximate surface area is 129 Å². The van der Waals surface area contributed by atoms with E-state index in [4.69, 9.17) is 4.74 Å². The van der Waals surface area contributed by atoms with E-state index in [1.54, 1.807) is 18.2 Å². The van der Waals surface area contributed by atoms with Gasteiger partial charge in [-0.15, -0.1) is 0 Å². The highest BCUT2D eigenvalue weighted by Crippen LogP contribution is 2.23. The van der Waals surface area contributed by atoms with Crippen LogP contribution in [-0.2, 0) is 6.54 Å². The Bertz CT molecular complexity index is 614. The molecule has 2 N–H and O–H groups in total. The number of carbonyl (C=O) groups excluding carboxylic acids is 1. The molecule has 0 fully saturated rings. The molecule has 0 aliphatic heterocycles. The van der Waals surface area contributed by atoms with Crippen molar-refractivity contribution in [3.63, 3.8) is 0 Å². The number of halogens is 1. The van der Waals surface area contributed by atoms with Gasteiger partial charge in [-0.05, 0) is 36.2 Å². The molecule has 5 heteroatoms. The maximum Gasteiger partial charge on any atom is 0.319 e. The van der Waals surface area contributed by atoms with Crippen LogP contribution in [0, 0.1) is 5.82 Å².